The number of amides is 2. The third kappa shape index (κ3) is 6.90. The average Bonchev–Trinajstić information content (AvgIpc) is 3.59. The molecule has 1 saturated heterocycles. The maximum atomic E-state index is 12.5. The maximum Gasteiger partial charge on any atom is 0.303 e. The number of aromatic nitrogens is 2. The van der Waals surface area contributed by atoms with Crippen LogP contribution in [-0.2, 0) is 40.1 Å². The molecule has 0 spiro atoms. The van der Waals surface area contributed by atoms with Gasteiger partial charge in [0.1, 0.15) is 0 Å². The molecule has 0 unspecified atom stereocenters. The highest BCUT2D eigenvalue weighted by Crippen LogP contribution is 2.35. The van der Waals surface area contributed by atoms with E-state index in [1.807, 2.05) is 40.7 Å². The molecule has 2 aromatic heterocycles. The van der Waals surface area contributed by atoms with E-state index in [1.54, 1.807) is 6.08 Å². The van der Waals surface area contributed by atoms with Crippen LogP contribution in [0.4, 0.5) is 0 Å². The van der Waals surface area contributed by atoms with Gasteiger partial charge in [-0.25, -0.2) is 0 Å². The molecule has 2 aromatic rings. The van der Waals surface area contributed by atoms with E-state index in [1.165, 1.54) is 0 Å². The van der Waals surface area contributed by atoms with Crippen LogP contribution in [0.15, 0.2) is 29.5 Å². The van der Waals surface area contributed by atoms with Gasteiger partial charge >= 0.3 is 5.97 Å². The lowest BCUT2D eigenvalue weighted by atomic mass is 9.91. The fourth-order valence-electron chi connectivity index (χ4n) is 6.60. The number of carboxylic acid groups (broad SMARTS) is 1. The van der Waals surface area contributed by atoms with Gasteiger partial charge in [-0.3, -0.25) is 14.4 Å². The lowest BCUT2D eigenvalue weighted by Gasteiger charge is -2.17. The van der Waals surface area contributed by atoms with Crippen LogP contribution in [0.1, 0.15) is 78.6 Å². The highest BCUT2D eigenvalue weighted by atomic mass is 32.1. The van der Waals surface area contributed by atoms with Crippen molar-refractivity contribution in [1.29, 1.82) is 0 Å². The molecule has 2 amide bonds. The molecule has 4 rings (SSSR count). The normalized spacial score (nSPS) is 21.8. The zero-order chi connectivity index (χ0) is 32.5. The molecule has 0 radical (unpaired) electrons. The fourth-order valence-corrected chi connectivity index (χ4v) is 7.02. The number of aliphatic hydroxyl groups excluding tert-OH is 1. The van der Waals surface area contributed by atoms with Gasteiger partial charge in [0.15, 0.2) is 6.29 Å². The number of carbonyl (C=O) groups is 3. The summed E-state index contributed by atoms with van der Waals surface area (Å²) in [6, 6.07) is -0.202. The van der Waals surface area contributed by atoms with E-state index in [-0.39, 0.29) is 47.8 Å². The second kappa shape index (κ2) is 13.6. The molecule has 11 heteroatoms. The Balaban J connectivity index is 1.75. The van der Waals surface area contributed by atoms with Gasteiger partial charge in [0.05, 0.1) is 6.04 Å². The molecule has 238 valence electrons. The highest BCUT2D eigenvalue weighted by Gasteiger charge is 2.38. The van der Waals surface area contributed by atoms with E-state index in [9.17, 15) is 29.7 Å². The lowest BCUT2D eigenvalue weighted by molar-refractivity contribution is -0.137. The van der Waals surface area contributed by atoms with Crippen LogP contribution in [0.5, 0.6) is 0 Å². The van der Waals surface area contributed by atoms with Crippen molar-refractivity contribution in [2.45, 2.75) is 90.7 Å². The van der Waals surface area contributed by atoms with Crippen molar-refractivity contribution in [3.8, 4) is 0 Å². The standard InChI is InChI=1S/C33H44N4O6S/c1-7-20-15(2)25(36-33(20)43)12-23-16(3)21(8-10-29(38)39)26(34-23)14-27-22(9-11-30(40)41)17(4)24(35-27)13-28-31(19(6)44)18(5)32(42)37-28/h7,13,18-19,25,30-31,34-35,40-41,44H,1,8-12,14H2,2-6H3,(H,36,43)(H,37,42)(H,38,39)/b28-13-/t18-,19-,25-,31+/m1/s1. The Morgan fingerprint density at radius 1 is 1.05 bits per heavy atom. The SMILES string of the molecule is C=CC1=C(C)[C@@H](Cc2[nH]c(Cc3[nH]c(/C=C4\NC(=O)[C@H](C)[C@H]4[C@@H](C)S)c(C)c3CCC(O)O)c(CCC(=O)O)c2C)NC1=O. The van der Waals surface area contributed by atoms with Gasteiger partial charge in [0, 0.05) is 76.8 Å². The maximum absolute atomic E-state index is 12.5. The third-order valence-corrected chi connectivity index (χ3v) is 9.50. The zero-order valence-electron chi connectivity index (χ0n) is 26.0. The first-order chi connectivity index (χ1) is 20.7. The van der Waals surface area contributed by atoms with Crippen LogP contribution in [0.2, 0.25) is 0 Å². The number of aliphatic hydroxyl groups is 2. The minimum Gasteiger partial charge on any atom is -0.481 e. The number of allylic oxidation sites excluding steroid dienone is 1. The van der Waals surface area contributed by atoms with Crippen molar-refractivity contribution in [3.63, 3.8) is 0 Å². The molecule has 4 heterocycles. The van der Waals surface area contributed by atoms with E-state index in [4.69, 9.17) is 0 Å². The van der Waals surface area contributed by atoms with E-state index in [2.05, 4.69) is 39.8 Å². The van der Waals surface area contributed by atoms with Gasteiger partial charge in [0.2, 0.25) is 5.91 Å². The fraction of sp³-hybridized carbons (Fsp3) is 0.485. The molecule has 10 nitrogen and oxygen atoms in total. The Kier molecular flexibility index (Phi) is 10.3. The van der Waals surface area contributed by atoms with Crippen molar-refractivity contribution in [2.24, 2.45) is 11.8 Å². The number of H-pyrrole nitrogens is 2. The smallest absolute Gasteiger partial charge is 0.303 e. The first kappa shape index (κ1) is 33.4. The summed E-state index contributed by atoms with van der Waals surface area (Å²) in [7, 11) is 0. The van der Waals surface area contributed by atoms with E-state index < -0.39 is 12.3 Å². The largest absolute Gasteiger partial charge is 0.481 e. The first-order valence-electron chi connectivity index (χ1n) is 15.0. The Hall–Kier alpha value is -3.54. The van der Waals surface area contributed by atoms with Crippen LogP contribution >= 0.6 is 12.6 Å². The van der Waals surface area contributed by atoms with Crippen LogP contribution in [0.3, 0.4) is 0 Å². The van der Waals surface area contributed by atoms with Gasteiger partial charge < -0.3 is 35.9 Å². The van der Waals surface area contributed by atoms with Gasteiger partial charge in [-0.05, 0) is 67.5 Å². The van der Waals surface area contributed by atoms with Crippen molar-refractivity contribution < 1.29 is 29.7 Å². The predicted octanol–water partition coefficient (Wildman–Crippen LogP) is 3.40. The van der Waals surface area contributed by atoms with Crippen molar-refractivity contribution >= 4 is 36.5 Å². The van der Waals surface area contributed by atoms with E-state index >= 15 is 0 Å². The molecule has 2 aliphatic heterocycles. The van der Waals surface area contributed by atoms with Crippen LogP contribution in [0, 0.1) is 25.7 Å². The lowest BCUT2D eigenvalue weighted by Crippen LogP contribution is -2.30. The summed E-state index contributed by atoms with van der Waals surface area (Å²) in [6.45, 7) is 13.5. The molecule has 0 aliphatic carbocycles. The number of aliphatic carboxylic acids is 1. The molecule has 1 fully saturated rings. The third-order valence-electron chi connectivity index (χ3n) is 9.18. The van der Waals surface area contributed by atoms with Gasteiger partial charge in [-0.2, -0.15) is 12.6 Å². The summed E-state index contributed by atoms with van der Waals surface area (Å²) in [4.78, 5) is 43.6. The monoisotopic (exact) mass is 624 g/mol. The average molecular weight is 625 g/mol. The predicted molar refractivity (Wildman–Crippen MR) is 172 cm³/mol. The summed E-state index contributed by atoms with van der Waals surface area (Å²) in [6.07, 6.45) is 3.85. The number of thiol groups is 1. The number of rotatable bonds is 13. The second-order valence-corrected chi connectivity index (χ2v) is 12.9. The van der Waals surface area contributed by atoms with Crippen molar-refractivity contribution in [1.82, 2.24) is 20.6 Å². The summed E-state index contributed by atoms with van der Waals surface area (Å²) >= 11 is 4.64. The molecular formula is C33H44N4O6S. The molecule has 0 aromatic carbocycles. The molecular weight excluding hydrogens is 580 g/mol. The number of nitrogens with one attached hydrogen (secondary N) is 4. The van der Waals surface area contributed by atoms with Crippen molar-refractivity contribution in [3.05, 3.63) is 74.5 Å². The number of aromatic amines is 2. The number of hydrogen-bond acceptors (Lipinski definition) is 6. The van der Waals surface area contributed by atoms with Crippen LogP contribution in [0.25, 0.3) is 6.08 Å². The van der Waals surface area contributed by atoms with Gasteiger partial charge in [0.25, 0.3) is 5.91 Å². The Labute approximate surface area is 263 Å². The highest BCUT2D eigenvalue weighted by molar-refractivity contribution is 7.80. The molecule has 7 N–H and O–H groups in total. The number of carboxylic acids is 1. The minimum atomic E-state index is -1.47. The van der Waals surface area contributed by atoms with Crippen molar-refractivity contribution in [2.75, 3.05) is 0 Å². The first-order valence-corrected chi connectivity index (χ1v) is 15.6. The van der Waals surface area contributed by atoms with E-state index in [0.29, 0.717) is 31.3 Å². The molecule has 0 bridgehead atoms. The molecule has 2 aliphatic rings. The summed E-state index contributed by atoms with van der Waals surface area (Å²) in [5.74, 6) is -1.38. The van der Waals surface area contributed by atoms with Gasteiger partial charge in [-0.1, -0.05) is 26.5 Å². The summed E-state index contributed by atoms with van der Waals surface area (Å²) < 4.78 is 0. The topological polar surface area (TPSA) is 168 Å². The van der Waals surface area contributed by atoms with Gasteiger partial charge in [-0.15, -0.1) is 0 Å². The Bertz CT molecular complexity index is 1530. The Morgan fingerprint density at radius 2 is 1.70 bits per heavy atom. The minimum absolute atomic E-state index is 0.0311. The summed E-state index contributed by atoms with van der Waals surface area (Å²) in [5.41, 5.74) is 9.49. The number of hydrogen-bond donors (Lipinski definition) is 8. The van der Waals surface area contributed by atoms with Crippen LogP contribution in [-0.4, -0.2) is 60.7 Å². The molecule has 44 heavy (non-hydrogen) atoms. The summed E-state index contributed by atoms with van der Waals surface area (Å²) in [5, 5.41) is 34.8. The van der Waals surface area contributed by atoms with E-state index in [0.717, 1.165) is 56.3 Å². The van der Waals surface area contributed by atoms with Crippen LogP contribution < -0.4 is 10.6 Å². The number of carbonyl (C=O) groups excluding carboxylic acids is 2. The quantitative estimate of drug-likeness (QED) is 0.126. The Morgan fingerprint density at radius 3 is 2.30 bits per heavy atom. The zero-order valence-corrected chi connectivity index (χ0v) is 26.9. The molecule has 4 atom stereocenters. The second-order valence-electron chi connectivity index (χ2n) is 12.1. The molecule has 0 saturated carbocycles.